The number of amides is 1. The average molecular weight is 417 g/mol. The van der Waals surface area contributed by atoms with Gasteiger partial charge in [-0.05, 0) is 25.1 Å². The molecule has 1 aromatic carbocycles. The van der Waals surface area contributed by atoms with Gasteiger partial charge in [-0.1, -0.05) is 0 Å². The van der Waals surface area contributed by atoms with Crippen LogP contribution in [0.2, 0.25) is 0 Å². The minimum Gasteiger partial charge on any atom is -0.447 e. The summed E-state index contributed by atoms with van der Waals surface area (Å²) in [5, 5.41) is 9.86. The molecular formula is C19H20FN5O3S. The highest BCUT2D eigenvalue weighted by Gasteiger charge is 2.24. The van der Waals surface area contributed by atoms with Gasteiger partial charge in [-0.2, -0.15) is 5.10 Å². The first kappa shape index (κ1) is 19.3. The van der Waals surface area contributed by atoms with Crippen LogP contribution in [0.15, 0.2) is 36.0 Å². The van der Waals surface area contributed by atoms with Gasteiger partial charge < -0.3 is 14.8 Å². The molecule has 1 aliphatic heterocycles. The Morgan fingerprint density at radius 2 is 2.31 bits per heavy atom. The molecule has 152 valence electrons. The van der Waals surface area contributed by atoms with Crippen molar-refractivity contribution in [3.8, 4) is 11.3 Å². The first-order valence-corrected chi connectivity index (χ1v) is 10.1. The molecule has 0 radical (unpaired) electrons. The predicted molar refractivity (Wildman–Crippen MR) is 108 cm³/mol. The molecule has 0 atom stereocenters. The van der Waals surface area contributed by atoms with Gasteiger partial charge in [0, 0.05) is 23.7 Å². The second-order valence-electron chi connectivity index (χ2n) is 6.28. The van der Waals surface area contributed by atoms with Gasteiger partial charge in [0.15, 0.2) is 5.13 Å². The third kappa shape index (κ3) is 4.38. The minimum absolute atomic E-state index is 0.311. The number of nitrogens with one attached hydrogen (secondary N) is 1. The maximum Gasteiger partial charge on any atom is 0.414 e. The Labute approximate surface area is 170 Å². The van der Waals surface area contributed by atoms with Crippen LogP contribution in [-0.4, -0.2) is 47.2 Å². The van der Waals surface area contributed by atoms with E-state index in [1.807, 2.05) is 13.1 Å². The lowest BCUT2D eigenvalue weighted by Gasteiger charge is -2.13. The second kappa shape index (κ2) is 8.58. The Bertz CT molecular complexity index is 1010. The van der Waals surface area contributed by atoms with E-state index in [0.29, 0.717) is 55.0 Å². The average Bonchev–Trinajstić information content (AvgIpc) is 3.44. The quantitative estimate of drug-likeness (QED) is 0.560. The van der Waals surface area contributed by atoms with Gasteiger partial charge in [0.2, 0.25) is 0 Å². The molecule has 1 aliphatic rings. The molecule has 1 fully saturated rings. The number of ether oxygens (including phenoxy) is 2. The van der Waals surface area contributed by atoms with Crippen LogP contribution < -0.4 is 10.2 Å². The normalized spacial score (nSPS) is 13.7. The first-order valence-electron chi connectivity index (χ1n) is 9.21. The number of halogens is 1. The minimum atomic E-state index is -0.459. The third-order valence-corrected chi connectivity index (χ3v) is 5.12. The number of hydrogen-bond acceptors (Lipinski definition) is 7. The topological polar surface area (TPSA) is 81.5 Å². The van der Waals surface area contributed by atoms with Gasteiger partial charge in [-0.25, -0.2) is 14.2 Å². The molecule has 0 aliphatic carbocycles. The lowest BCUT2D eigenvalue weighted by atomic mass is 10.1. The van der Waals surface area contributed by atoms with Gasteiger partial charge in [-0.15, -0.1) is 11.3 Å². The van der Waals surface area contributed by atoms with Gasteiger partial charge >= 0.3 is 6.09 Å². The highest BCUT2D eigenvalue weighted by molar-refractivity contribution is 7.14. The number of carbonyl (C=O) groups excluding carboxylic acids is 1. The number of anilines is 3. The molecule has 1 saturated heterocycles. The van der Waals surface area contributed by atoms with Crippen LogP contribution in [0.4, 0.5) is 25.7 Å². The summed E-state index contributed by atoms with van der Waals surface area (Å²) in [5.41, 5.74) is 2.17. The van der Waals surface area contributed by atoms with Crippen LogP contribution in [0.3, 0.4) is 0 Å². The monoisotopic (exact) mass is 417 g/mol. The van der Waals surface area contributed by atoms with E-state index < -0.39 is 11.9 Å². The van der Waals surface area contributed by atoms with Crippen LogP contribution in [0.5, 0.6) is 0 Å². The number of thiazole rings is 1. The van der Waals surface area contributed by atoms with Crippen LogP contribution >= 0.6 is 11.3 Å². The van der Waals surface area contributed by atoms with Crippen molar-refractivity contribution in [2.45, 2.75) is 13.5 Å². The van der Waals surface area contributed by atoms with Crippen molar-refractivity contribution in [1.82, 2.24) is 14.8 Å². The molecule has 0 saturated carbocycles. The van der Waals surface area contributed by atoms with Gasteiger partial charge in [-0.3, -0.25) is 9.58 Å². The van der Waals surface area contributed by atoms with E-state index in [4.69, 9.17) is 9.47 Å². The number of benzene rings is 1. The Hall–Kier alpha value is -2.98. The van der Waals surface area contributed by atoms with Crippen LogP contribution in [-0.2, 0) is 16.0 Å². The lowest BCUT2D eigenvalue weighted by molar-refractivity contribution is 0.136. The fourth-order valence-corrected chi connectivity index (χ4v) is 3.67. The van der Waals surface area contributed by atoms with Gasteiger partial charge in [0.1, 0.15) is 12.4 Å². The molecule has 1 N–H and O–H groups in total. The van der Waals surface area contributed by atoms with Gasteiger partial charge in [0.25, 0.3) is 0 Å². The van der Waals surface area contributed by atoms with E-state index >= 15 is 0 Å². The summed E-state index contributed by atoms with van der Waals surface area (Å²) < 4.78 is 26.6. The molecule has 8 nitrogen and oxygen atoms in total. The van der Waals surface area contributed by atoms with E-state index in [1.165, 1.54) is 22.3 Å². The number of cyclic esters (lactones) is 1. The maximum absolute atomic E-state index is 14.6. The molecule has 0 unspecified atom stereocenters. The molecule has 29 heavy (non-hydrogen) atoms. The smallest absolute Gasteiger partial charge is 0.414 e. The number of rotatable bonds is 8. The van der Waals surface area contributed by atoms with E-state index in [9.17, 15) is 9.18 Å². The largest absolute Gasteiger partial charge is 0.447 e. The fraction of sp³-hybridized carbons (Fsp3) is 0.316. The Morgan fingerprint density at radius 3 is 3.07 bits per heavy atom. The number of aromatic nitrogens is 3. The van der Waals surface area contributed by atoms with Crippen molar-refractivity contribution in [3.05, 3.63) is 41.8 Å². The highest BCUT2D eigenvalue weighted by Crippen LogP contribution is 2.31. The van der Waals surface area contributed by atoms with Crippen molar-refractivity contribution < 1.29 is 18.7 Å². The molecule has 10 heteroatoms. The summed E-state index contributed by atoms with van der Waals surface area (Å²) in [4.78, 5) is 17.5. The second-order valence-corrected chi connectivity index (χ2v) is 7.14. The summed E-state index contributed by atoms with van der Waals surface area (Å²) in [6.45, 7) is 4.62. The molecule has 1 amide bonds. The standard InChI is InChI=1S/C19H20FN5O3S/c1-2-27-7-5-24-11-13(10-21-24)22-18-23-17(12-29-18)15-4-3-14(9-16(15)20)25-6-8-28-19(25)26/h3-4,9-12H,2,5-8H2,1H3,(H,22,23). The van der Waals surface area contributed by atoms with E-state index in [0.717, 1.165) is 5.69 Å². The summed E-state index contributed by atoms with van der Waals surface area (Å²) >= 11 is 1.37. The summed E-state index contributed by atoms with van der Waals surface area (Å²) in [5.74, 6) is -0.442. The molecule has 2 aromatic heterocycles. The first-order chi connectivity index (χ1) is 14.1. The van der Waals surface area contributed by atoms with Crippen molar-refractivity contribution >= 4 is 33.9 Å². The van der Waals surface area contributed by atoms with Crippen LogP contribution in [0, 0.1) is 5.82 Å². The van der Waals surface area contributed by atoms with Crippen molar-refractivity contribution in [2.75, 3.05) is 36.6 Å². The van der Waals surface area contributed by atoms with E-state index in [1.54, 1.807) is 28.4 Å². The van der Waals surface area contributed by atoms with Crippen molar-refractivity contribution in [2.24, 2.45) is 0 Å². The van der Waals surface area contributed by atoms with Crippen LogP contribution in [0.25, 0.3) is 11.3 Å². The van der Waals surface area contributed by atoms with Gasteiger partial charge in [0.05, 0.1) is 43.0 Å². The molecule has 4 rings (SSSR count). The fourth-order valence-electron chi connectivity index (χ4n) is 2.94. The number of nitrogens with zero attached hydrogens (tertiary/aromatic N) is 4. The molecule has 3 heterocycles. The maximum atomic E-state index is 14.6. The van der Waals surface area contributed by atoms with Crippen LogP contribution in [0.1, 0.15) is 6.92 Å². The molecule has 3 aromatic rings. The van der Waals surface area contributed by atoms with Crippen molar-refractivity contribution in [1.29, 1.82) is 0 Å². The third-order valence-electron chi connectivity index (χ3n) is 4.36. The van der Waals surface area contributed by atoms with E-state index in [2.05, 4.69) is 15.4 Å². The molecular weight excluding hydrogens is 397 g/mol. The lowest BCUT2D eigenvalue weighted by Crippen LogP contribution is -2.23. The summed E-state index contributed by atoms with van der Waals surface area (Å²) in [6, 6.07) is 4.65. The molecule has 0 bridgehead atoms. The predicted octanol–water partition coefficient (Wildman–Crippen LogP) is 3.88. The van der Waals surface area contributed by atoms with Crippen molar-refractivity contribution in [3.63, 3.8) is 0 Å². The zero-order valence-electron chi connectivity index (χ0n) is 15.8. The number of hydrogen-bond donors (Lipinski definition) is 1. The number of carbonyl (C=O) groups is 1. The highest BCUT2D eigenvalue weighted by atomic mass is 32.1. The molecule has 0 spiro atoms. The Kier molecular flexibility index (Phi) is 5.72. The van der Waals surface area contributed by atoms with E-state index in [-0.39, 0.29) is 0 Å². The zero-order chi connectivity index (χ0) is 20.2. The SMILES string of the molecule is CCOCCn1cc(Nc2nc(-c3ccc(N4CCOC4=O)cc3F)cs2)cn1. The Balaban J connectivity index is 1.44. The summed E-state index contributed by atoms with van der Waals surface area (Å²) in [7, 11) is 0. The summed E-state index contributed by atoms with van der Waals surface area (Å²) in [6.07, 6.45) is 3.11. The Morgan fingerprint density at radius 1 is 1.41 bits per heavy atom. The zero-order valence-corrected chi connectivity index (χ0v) is 16.6.